The highest BCUT2D eigenvalue weighted by Gasteiger charge is 2.36. The molecule has 3 amide bonds. The van der Waals surface area contributed by atoms with Crippen LogP contribution in [0.15, 0.2) is 58.3 Å². The third-order valence-electron chi connectivity index (χ3n) is 4.04. The lowest BCUT2D eigenvalue weighted by Gasteiger charge is -2.11. The fourth-order valence-electron chi connectivity index (χ4n) is 2.71. The van der Waals surface area contributed by atoms with Gasteiger partial charge in [0.05, 0.1) is 15.1 Å². The van der Waals surface area contributed by atoms with E-state index in [9.17, 15) is 14.4 Å². The van der Waals surface area contributed by atoms with Crippen LogP contribution in [0.4, 0.5) is 9.93 Å². The second-order valence-electron chi connectivity index (χ2n) is 6.07. The highest BCUT2D eigenvalue weighted by Crippen LogP contribution is 2.33. The Kier molecular flexibility index (Phi) is 5.85. The third kappa shape index (κ3) is 4.38. The van der Waals surface area contributed by atoms with Crippen molar-refractivity contribution in [3.8, 4) is 5.40 Å². The van der Waals surface area contributed by atoms with Crippen LogP contribution < -0.4 is 5.32 Å². The Morgan fingerprint density at radius 2 is 2.03 bits per heavy atom. The Morgan fingerprint density at radius 1 is 1.23 bits per heavy atom. The second-order valence-corrected chi connectivity index (χ2v) is 8.95. The van der Waals surface area contributed by atoms with Crippen molar-refractivity contribution >= 4 is 73.3 Å². The molecule has 1 N–H and O–H groups in total. The summed E-state index contributed by atoms with van der Waals surface area (Å²) in [5, 5.41) is 13.3. The van der Waals surface area contributed by atoms with Crippen LogP contribution in [0.5, 0.6) is 0 Å². The van der Waals surface area contributed by atoms with E-state index in [4.69, 9.17) is 5.26 Å². The zero-order chi connectivity index (χ0) is 21.1. The Labute approximate surface area is 183 Å². The van der Waals surface area contributed by atoms with E-state index >= 15 is 0 Å². The summed E-state index contributed by atoms with van der Waals surface area (Å²) in [6.07, 6.45) is 1.63. The van der Waals surface area contributed by atoms with Gasteiger partial charge < -0.3 is 5.32 Å². The summed E-state index contributed by atoms with van der Waals surface area (Å²) in [7, 11) is 0. The molecule has 1 saturated heterocycles. The number of nitriles is 1. The van der Waals surface area contributed by atoms with E-state index < -0.39 is 17.1 Å². The number of aromatic nitrogens is 1. The molecule has 10 heteroatoms. The first-order valence-corrected chi connectivity index (χ1v) is 11.1. The van der Waals surface area contributed by atoms with Gasteiger partial charge in [-0.05, 0) is 53.4 Å². The van der Waals surface area contributed by atoms with Crippen LogP contribution in [0.25, 0.3) is 16.3 Å². The number of benzene rings is 2. The van der Waals surface area contributed by atoms with Gasteiger partial charge in [-0.3, -0.25) is 19.3 Å². The molecule has 0 saturated carbocycles. The van der Waals surface area contributed by atoms with Gasteiger partial charge in [0.1, 0.15) is 11.9 Å². The number of rotatable bonds is 5. The van der Waals surface area contributed by atoms with Crippen molar-refractivity contribution < 1.29 is 14.4 Å². The quantitative estimate of drug-likeness (QED) is 0.344. The fraction of sp³-hybridized carbons (Fsp3) is 0.0500. The molecule has 1 aliphatic heterocycles. The molecule has 148 valence electrons. The maximum atomic E-state index is 12.5. The van der Waals surface area contributed by atoms with Gasteiger partial charge >= 0.3 is 0 Å². The predicted octanol–water partition coefficient (Wildman–Crippen LogP) is 4.54. The van der Waals surface area contributed by atoms with Gasteiger partial charge in [0.15, 0.2) is 5.13 Å². The number of thioether (sulfide) groups is 2. The lowest BCUT2D eigenvalue weighted by Crippen LogP contribution is -2.36. The molecule has 7 nitrogen and oxygen atoms in total. The van der Waals surface area contributed by atoms with Crippen molar-refractivity contribution in [3.05, 3.63) is 59.0 Å². The van der Waals surface area contributed by atoms with Gasteiger partial charge in [-0.15, -0.1) is 0 Å². The van der Waals surface area contributed by atoms with E-state index in [0.717, 1.165) is 43.6 Å². The third-order valence-corrected chi connectivity index (χ3v) is 6.46. The number of thiocyanates is 1. The standard InChI is InChI=1S/C20H12N4O3S3/c21-11-28-13-6-7-14-15(9-13)29-19(22-14)23-17(25)10-24-18(26)16(30-20(24)27)8-12-4-2-1-3-5-12/h1-9H,10H2,(H,22,23,25)/b16-8+. The highest BCUT2D eigenvalue weighted by atomic mass is 32.2. The number of carbonyl (C=O) groups excluding carboxylic acids is 3. The highest BCUT2D eigenvalue weighted by molar-refractivity contribution is 8.18. The van der Waals surface area contributed by atoms with Crippen LogP contribution in [-0.2, 0) is 9.59 Å². The summed E-state index contributed by atoms with van der Waals surface area (Å²) < 4.78 is 0.822. The molecule has 1 aliphatic rings. The van der Waals surface area contributed by atoms with Crippen molar-refractivity contribution in [2.45, 2.75) is 4.90 Å². The normalized spacial score (nSPS) is 15.0. The van der Waals surface area contributed by atoms with E-state index in [1.165, 1.54) is 11.3 Å². The van der Waals surface area contributed by atoms with Gasteiger partial charge in [-0.1, -0.05) is 41.7 Å². The molecular weight excluding hydrogens is 440 g/mol. The molecule has 2 aromatic carbocycles. The minimum atomic E-state index is -0.510. The SMILES string of the molecule is N#CSc1ccc2nc(NC(=O)CN3C(=O)S/C(=C/c4ccccc4)C3=O)sc2c1. The first kappa shape index (κ1) is 20.2. The first-order valence-electron chi connectivity index (χ1n) is 8.60. The summed E-state index contributed by atoms with van der Waals surface area (Å²) >= 11 is 3.11. The predicted molar refractivity (Wildman–Crippen MR) is 119 cm³/mol. The summed E-state index contributed by atoms with van der Waals surface area (Å²) in [4.78, 5) is 43.5. The molecule has 4 rings (SSSR count). The van der Waals surface area contributed by atoms with Gasteiger partial charge in [0.25, 0.3) is 11.1 Å². The maximum absolute atomic E-state index is 12.5. The number of imide groups is 1. The minimum absolute atomic E-state index is 0.279. The number of nitrogens with zero attached hydrogens (tertiary/aromatic N) is 3. The van der Waals surface area contributed by atoms with Gasteiger partial charge in [0, 0.05) is 4.90 Å². The van der Waals surface area contributed by atoms with E-state index in [2.05, 4.69) is 10.3 Å². The van der Waals surface area contributed by atoms with Gasteiger partial charge in [0.2, 0.25) is 5.91 Å². The minimum Gasteiger partial charge on any atom is -0.300 e. The average molecular weight is 453 g/mol. The second kappa shape index (κ2) is 8.71. The molecule has 1 aromatic heterocycles. The summed E-state index contributed by atoms with van der Waals surface area (Å²) in [6.45, 7) is -0.387. The summed E-state index contributed by atoms with van der Waals surface area (Å²) in [5.41, 5.74) is 1.49. The lowest BCUT2D eigenvalue weighted by molar-refractivity contribution is -0.127. The van der Waals surface area contributed by atoms with E-state index in [1.807, 2.05) is 41.8 Å². The van der Waals surface area contributed by atoms with Crippen molar-refractivity contribution in [3.63, 3.8) is 0 Å². The maximum Gasteiger partial charge on any atom is 0.294 e. The Bertz CT molecular complexity index is 1230. The van der Waals surface area contributed by atoms with Crippen molar-refractivity contribution in [1.82, 2.24) is 9.88 Å². The molecule has 0 radical (unpaired) electrons. The van der Waals surface area contributed by atoms with Crippen LogP contribution >= 0.6 is 34.9 Å². The molecule has 1 fully saturated rings. The number of carbonyl (C=O) groups is 3. The number of anilines is 1. The summed E-state index contributed by atoms with van der Waals surface area (Å²) in [6, 6.07) is 14.6. The smallest absolute Gasteiger partial charge is 0.294 e. The number of fused-ring (bicyclic) bond motifs is 1. The van der Waals surface area contributed by atoms with Crippen LogP contribution in [0.2, 0.25) is 0 Å². The zero-order valence-corrected chi connectivity index (χ0v) is 17.6. The molecule has 0 spiro atoms. The number of amides is 3. The van der Waals surface area contributed by atoms with E-state index in [-0.39, 0.29) is 11.4 Å². The molecule has 0 aliphatic carbocycles. The zero-order valence-electron chi connectivity index (χ0n) is 15.2. The first-order chi connectivity index (χ1) is 14.5. The number of hydrogen-bond acceptors (Lipinski definition) is 8. The number of thiazole rings is 1. The molecule has 30 heavy (non-hydrogen) atoms. The molecule has 0 unspecified atom stereocenters. The lowest BCUT2D eigenvalue weighted by atomic mass is 10.2. The van der Waals surface area contributed by atoms with Crippen molar-refractivity contribution in [2.75, 3.05) is 11.9 Å². The number of nitrogens with one attached hydrogen (secondary N) is 1. The number of hydrogen-bond donors (Lipinski definition) is 1. The summed E-state index contributed by atoms with van der Waals surface area (Å²) in [5.74, 6) is -1.00. The Hall–Kier alpha value is -3.13. The Morgan fingerprint density at radius 3 is 2.80 bits per heavy atom. The van der Waals surface area contributed by atoms with Crippen molar-refractivity contribution in [2.24, 2.45) is 0 Å². The van der Waals surface area contributed by atoms with Crippen LogP contribution in [0.1, 0.15) is 5.56 Å². The molecule has 2 heterocycles. The topological polar surface area (TPSA) is 103 Å². The monoisotopic (exact) mass is 452 g/mol. The molecule has 0 bridgehead atoms. The molecular formula is C20H12N4O3S3. The van der Waals surface area contributed by atoms with E-state index in [0.29, 0.717) is 10.6 Å². The van der Waals surface area contributed by atoms with Crippen LogP contribution in [0, 0.1) is 10.7 Å². The van der Waals surface area contributed by atoms with Gasteiger partial charge in [-0.25, -0.2) is 4.98 Å². The van der Waals surface area contributed by atoms with Crippen LogP contribution in [0.3, 0.4) is 0 Å². The fourth-order valence-corrected chi connectivity index (χ4v) is 4.97. The average Bonchev–Trinajstić information content (AvgIpc) is 3.24. The van der Waals surface area contributed by atoms with Crippen LogP contribution in [-0.4, -0.2) is 33.5 Å². The Balaban J connectivity index is 1.44. The van der Waals surface area contributed by atoms with E-state index in [1.54, 1.807) is 18.2 Å². The molecule has 0 atom stereocenters. The van der Waals surface area contributed by atoms with Crippen molar-refractivity contribution in [1.29, 1.82) is 5.26 Å². The molecule has 3 aromatic rings. The van der Waals surface area contributed by atoms with Gasteiger partial charge in [-0.2, -0.15) is 5.26 Å². The largest absolute Gasteiger partial charge is 0.300 e.